The van der Waals surface area contributed by atoms with Crippen LogP contribution in [0, 0.1) is 3.70 Å². The van der Waals surface area contributed by atoms with E-state index in [1.807, 2.05) is 6.26 Å². The highest BCUT2D eigenvalue weighted by Gasteiger charge is 1.97. The van der Waals surface area contributed by atoms with Gasteiger partial charge >= 0.3 is 0 Å². The minimum atomic E-state index is 0.503. The SMILES string of the molecule is CSc1nc(Cl)cc(I)n1. The minimum Gasteiger partial charge on any atom is -0.216 e. The highest BCUT2D eigenvalue weighted by Crippen LogP contribution is 2.14. The molecular formula is C5H4ClIN2S. The molecule has 0 radical (unpaired) electrons. The maximum atomic E-state index is 5.66. The summed E-state index contributed by atoms with van der Waals surface area (Å²) in [5.74, 6) is 0. The monoisotopic (exact) mass is 286 g/mol. The van der Waals surface area contributed by atoms with Gasteiger partial charge in [0.1, 0.15) is 8.85 Å². The Labute approximate surface area is 81.9 Å². The molecule has 0 saturated carbocycles. The minimum absolute atomic E-state index is 0.503. The lowest BCUT2D eigenvalue weighted by Gasteiger charge is -1.95. The van der Waals surface area contributed by atoms with E-state index in [4.69, 9.17) is 11.6 Å². The van der Waals surface area contributed by atoms with Crippen molar-refractivity contribution >= 4 is 46.0 Å². The summed E-state index contributed by atoms with van der Waals surface area (Å²) in [6, 6.07) is 1.72. The molecule has 0 aliphatic carbocycles. The maximum Gasteiger partial charge on any atom is 0.189 e. The third-order valence-corrected chi connectivity index (χ3v) is 2.12. The lowest BCUT2D eigenvalue weighted by molar-refractivity contribution is 0.950. The average Bonchev–Trinajstić information content (AvgIpc) is 1.85. The van der Waals surface area contributed by atoms with Crippen LogP contribution in [0.25, 0.3) is 0 Å². The lowest BCUT2D eigenvalue weighted by Crippen LogP contribution is -1.88. The molecule has 1 aromatic rings. The Morgan fingerprint density at radius 3 is 2.80 bits per heavy atom. The molecule has 10 heavy (non-hydrogen) atoms. The van der Waals surface area contributed by atoms with Gasteiger partial charge < -0.3 is 0 Å². The van der Waals surface area contributed by atoms with Crippen LogP contribution in [0.15, 0.2) is 11.2 Å². The molecule has 0 fully saturated rings. The highest BCUT2D eigenvalue weighted by molar-refractivity contribution is 14.1. The van der Waals surface area contributed by atoms with E-state index < -0.39 is 0 Å². The number of rotatable bonds is 1. The lowest BCUT2D eigenvalue weighted by atomic mass is 10.7. The van der Waals surface area contributed by atoms with Crippen LogP contribution in [0.5, 0.6) is 0 Å². The standard InChI is InChI=1S/C5H4ClIN2S/c1-10-5-8-3(6)2-4(7)9-5/h2H,1H3. The Bertz CT molecular complexity index is 223. The van der Waals surface area contributed by atoms with Crippen molar-refractivity contribution in [3.05, 3.63) is 14.9 Å². The van der Waals surface area contributed by atoms with Crippen LogP contribution in [-0.4, -0.2) is 16.2 Å². The van der Waals surface area contributed by atoms with E-state index in [-0.39, 0.29) is 0 Å². The molecule has 0 saturated heterocycles. The van der Waals surface area contributed by atoms with Crippen molar-refractivity contribution in [3.8, 4) is 0 Å². The highest BCUT2D eigenvalue weighted by atomic mass is 127. The Hall–Kier alpha value is 0.450. The summed E-state index contributed by atoms with van der Waals surface area (Å²) in [6.45, 7) is 0. The molecule has 0 N–H and O–H groups in total. The van der Waals surface area contributed by atoms with Gasteiger partial charge in [0.15, 0.2) is 5.16 Å². The van der Waals surface area contributed by atoms with Gasteiger partial charge in [-0.25, -0.2) is 9.97 Å². The number of nitrogens with zero attached hydrogens (tertiary/aromatic N) is 2. The van der Waals surface area contributed by atoms with Crippen molar-refractivity contribution in [1.82, 2.24) is 9.97 Å². The summed E-state index contributed by atoms with van der Waals surface area (Å²) >= 11 is 9.25. The van der Waals surface area contributed by atoms with Crippen LogP contribution in [0.4, 0.5) is 0 Å². The maximum absolute atomic E-state index is 5.66. The molecule has 0 aliphatic rings. The Morgan fingerprint density at radius 1 is 1.60 bits per heavy atom. The fourth-order valence-electron chi connectivity index (χ4n) is 0.462. The molecule has 1 rings (SSSR count). The van der Waals surface area contributed by atoms with Crippen LogP contribution in [0.1, 0.15) is 0 Å². The van der Waals surface area contributed by atoms with Crippen molar-refractivity contribution < 1.29 is 0 Å². The Balaban J connectivity index is 3.06. The predicted molar refractivity (Wildman–Crippen MR) is 51.5 cm³/mol. The zero-order valence-corrected chi connectivity index (χ0v) is 8.87. The number of hydrogen-bond donors (Lipinski definition) is 0. The molecule has 2 nitrogen and oxygen atoms in total. The second kappa shape index (κ2) is 3.73. The van der Waals surface area contributed by atoms with E-state index >= 15 is 0 Å². The second-order valence-corrected chi connectivity index (χ2v) is 3.77. The molecule has 0 bridgehead atoms. The van der Waals surface area contributed by atoms with Gasteiger partial charge in [-0.05, 0) is 28.8 Å². The Kier molecular flexibility index (Phi) is 3.19. The topological polar surface area (TPSA) is 25.8 Å². The van der Waals surface area contributed by atoms with Gasteiger partial charge in [-0.15, -0.1) is 0 Å². The van der Waals surface area contributed by atoms with Crippen LogP contribution in [0.2, 0.25) is 5.15 Å². The zero-order chi connectivity index (χ0) is 7.56. The first-order valence-corrected chi connectivity index (χ1v) is 5.14. The first-order valence-electron chi connectivity index (χ1n) is 2.46. The van der Waals surface area contributed by atoms with Crippen molar-refractivity contribution in [2.24, 2.45) is 0 Å². The van der Waals surface area contributed by atoms with E-state index in [9.17, 15) is 0 Å². The summed E-state index contributed by atoms with van der Waals surface area (Å²) in [5.41, 5.74) is 0. The van der Waals surface area contributed by atoms with E-state index in [0.29, 0.717) is 5.15 Å². The van der Waals surface area contributed by atoms with E-state index in [2.05, 4.69) is 32.6 Å². The van der Waals surface area contributed by atoms with Gasteiger partial charge in [0.25, 0.3) is 0 Å². The van der Waals surface area contributed by atoms with E-state index in [1.54, 1.807) is 6.07 Å². The first kappa shape index (κ1) is 8.55. The Morgan fingerprint density at radius 2 is 2.30 bits per heavy atom. The van der Waals surface area contributed by atoms with Crippen molar-refractivity contribution in [2.45, 2.75) is 5.16 Å². The fourth-order valence-corrected chi connectivity index (χ4v) is 1.95. The molecule has 54 valence electrons. The number of aromatic nitrogens is 2. The van der Waals surface area contributed by atoms with E-state index in [0.717, 1.165) is 8.86 Å². The third kappa shape index (κ3) is 2.25. The summed E-state index contributed by atoms with van der Waals surface area (Å²) in [5, 5.41) is 1.22. The molecule has 5 heteroatoms. The molecular weight excluding hydrogens is 282 g/mol. The summed E-state index contributed by atoms with van der Waals surface area (Å²) in [7, 11) is 0. The van der Waals surface area contributed by atoms with Gasteiger partial charge in [-0.3, -0.25) is 0 Å². The van der Waals surface area contributed by atoms with Crippen molar-refractivity contribution in [3.63, 3.8) is 0 Å². The van der Waals surface area contributed by atoms with Crippen LogP contribution in [-0.2, 0) is 0 Å². The smallest absolute Gasteiger partial charge is 0.189 e. The second-order valence-electron chi connectivity index (χ2n) is 1.50. The predicted octanol–water partition coefficient (Wildman–Crippen LogP) is 2.46. The largest absolute Gasteiger partial charge is 0.216 e. The molecule has 1 aromatic heterocycles. The van der Waals surface area contributed by atoms with Gasteiger partial charge in [0.2, 0.25) is 0 Å². The fraction of sp³-hybridized carbons (Fsp3) is 0.200. The summed E-state index contributed by atoms with van der Waals surface area (Å²) in [4.78, 5) is 8.07. The molecule has 0 unspecified atom stereocenters. The number of thioether (sulfide) groups is 1. The summed E-state index contributed by atoms with van der Waals surface area (Å²) in [6.07, 6.45) is 1.92. The molecule has 0 atom stereocenters. The molecule has 0 amide bonds. The van der Waals surface area contributed by atoms with Crippen LogP contribution in [0.3, 0.4) is 0 Å². The molecule has 1 heterocycles. The molecule has 0 aliphatic heterocycles. The molecule has 0 aromatic carbocycles. The van der Waals surface area contributed by atoms with E-state index in [1.165, 1.54) is 11.8 Å². The van der Waals surface area contributed by atoms with Gasteiger partial charge in [-0.2, -0.15) is 0 Å². The quantitative estimate of drug-likeness (QED) is 0.343. The van der Waals surface area contributed by atoms with Gasteiger partial charge in [0.05, 0.1) is 0 Å². The van der Waals surface area contributed by atoms with Gasteiger partial charge in [-0.1, -0.05) is 23.4 Å². The van der Waals surface area contributed by atoms with Crippen LogP contribution >= 0.6 is 46.0 Å². The van der Waals surface area contributed by atoms with Crippen molar-refractivity contribution in [2.75, 3.05) is 6.26 Å². The van der Waals surface area contributed by atoms with Crippen molar-refractivity contribution in [1.29, 1.82) is 0 Å². The van der Waals surface area contributed by atoms with Gasteiger partial charge in [0, 0.05) is 6.07 Å². The first-order chi connectivity index (χ1) is 4.72. The number of halogens is 2. The third-order valence-electron chi connectivity index (χ3n) is 0.826. The summed E-state index contributed by atoms with van der Waals surface area (Å²) < 4.78 is 0.877. The number of hydrogen-bond acceptors (Lipinski definition) is 3. The van der Waals surface area contributed by atoms with Crippen LogP contribution < -0.4 is 0 Å². The zero-order valence-electron chi connectivity index (χ0n) is 5.14. The average molecular weight is 287 g/mol. The molecule has 0 spiro atoms. The normalized spacial score (nSPS) is 9.90.